The number of carbonyl (C=O) groups is 1. The predicted octanol–water partition coefficient (Wildman–Crippen LogP) is 1.79. The Bertz CT molecular complexity index is 416. The predicted molar refractivity (Wildman–Crippen MR) is 71.7 cm³/mol. The lowest BCUT2D eigenvalue weighted by molar-refractivity contribution is -0.122. The van der Waals surface area contributed by atoms with Gasteiger partial charge < -0.3 is 15.4 Å². The number of benzene rings is 1. The highest BCUT2D eigenvalue weighted by Crippen LogP contribution is 2.31. The number of nitrogens with two attached hydrogens (primary N) is 1. The molecule has 0 aliphatic carbocycles. The van der Waals surface area contributed by atoms with Crippen LogP contribution in [0.15, 0.2) is 24.3 Å². The van der Waals surface area contributed by atoms with Crippen LogP contribution < -0.4 is 15.4 Å². The van der Waals surface area contributed by atoms with Crippen molar-refractivity contribution in [2.75, 3.05) is 24.6 Å². The van der Waals surface area contributed by atoms with Gasteiger partial charge in [-0.05, 0) is 25.0 Å². The highest BCUT2D eigenvalue weighted by molar-refractivity contribution is 5.96. The molecule has 0 radical (unpaired) electrons. The number of nitrogens with zero attached hydrogens (tertiary/aromatic N) is 1. The summed E-state index contributed by atoms with van der Waals surface area (Å²) in [6.45, 7) is 3.75. The van der Waals surface area contributed by atoms with E-state index in [9.17, 15) is 4.79 Å². The first-order valence-electron chi connectivity index (χ1n) is 6.51. The normalized spacial score (nSPS) is 16.4. The molecule has 1 amide bonds. The van der Waals surface area contributed by atoms with Gasteiger partial charge in [0.25, 0.3) is 0 Å². The first-order chi connectivity index (χ1) is 8.77. The molecule has 1 aromatic carbocycles. The van der Waals surface area contributed by atoms with Gasteiger partial charge in [-0.15, -0.1) is 0 Å². The van der Waals surface area contributed by atoms with Crippen LogP contribution in [0.3, 0.4) is 0 Å². The zero-order chi connectivity index (χ0) is 13.0. The largest absolute Gasteiger partial charge is 0.491 e. The quantitative estimate of drug-likeness (QED) is 0.887. The summed E-state index contributed by atoms with van der Waals surface area (Å²) in [5.41, 5.74) is 6.54. The Kier molecular flexibility index (Phi) is 4.20. The van der Waals surface area contributed by atoms with Crippen molar-refractivity contribution in [1.82, 2.24) is 0 Å². The number of hydrogen-bond acceptors (Lipinski definition) is 3. The van der Waals surface area contributed by atoms with Crippen LogP contribution in [0.25, 0.3) is 0 Å². The molecule has 1 atom stereocenters. The molecule has 0 fully saturated rings. The van der Waals surface area contributed by atoms with E-state index >= 15 is 0 Å². The van der Waals surface area contributed by atoms with Crippen LogP contribution in [0.4, 0.5) is 5.69 Å². The van der Waals surface area contributed by atoms with E-state index in [2.05, 4.69) is 0 Å². The number of fused-ring (bicyclic) bond motifs is 1. The van der Waals surface area contributed by atoms with Gasteiger partial charge in [0.15, 0.2) is 0 Å². The summed E-state index contributed by atoms with van der Waals surface area (Å²) in [5, 5.41) is 0. The molecule has 1 heterocycles. The van der Waals surface area contributed by atoms with Crippen molar-refractivity contribution in [2.45, 2.75) is 19.8 Å². The van der Waals surface area contributed by atoms with Gasteiger partial charge in [0.1, 0.15) is 5.75 Å². The van der Waals surface area contributed by atoms with E-state index in [1.165, 1.54) is 0 Å². The summed E-state index contributed by atoms with van der Waals surface area (Å²) < 4.78 is 5.65. The van der Waals surface area contributed by atoms with Crippen LogP contribution in [0.1, 0.15) is 19.8 Å². The van der Waals surface area contributed by atoms with E-state index in [-0.39, 0.29) is 11.8 Å². The van der Waals surface area contributed by atoms with Gasteiger partial charge in [-0.1, -0.05) is 19.1 Å². The SMILES string of the molecule is CCC(CN)C(=O)N1CCCOc2ccccc21. The Balaban J connectivity index is 2.30. The summed E-state index contributed by atoms with van der Waals surface area (Å²) in [7, 11) is 0. The van der Waals surface area contributed by atoms with Gasteiger partial charge in [0.2, 0.25) is 5.91 Å². The minimum atomic E-state index is -0.101. The van der Waals surface area contributed by atoms with Crippen molar-refractivity contribution in [2.24, 2.45) is 11.7 Å². The molecule has 1 unspecified atom stereocenters. The fourth-order valence-corrected chi connectivity index (χ4v) is 2.22. The summed E-state index contributed by atoms with van der Waals surface area (Å²) in [6.07, 6.45) is 1.62. The molecule has 18 heavy (non-hydrogen) atoms. The van der Waals surface area contributed by atoms with E-state index in [1.54, 1.807) is 0 Å². The molecule has 2 N–H and O–H groups in total. The summed E-state index contributed by atoms with van der Waals surface area (Å²) in [6, 6.07) is 7.69. The number of carbonyl (C=O) groups excluding carboxylic acids is 1. The highest BCUT2D eigenvalue weighted by atomic mass is 16.5. The Morgan fingerprint density at radius 3 is 3.00 bits per heavy atom. The maximum atomic E-state index is 12.5. The van der Waals surface area contributed by atoms with Crippen molar-refractivity contribution in [3.8, 4) is 5.75 Å². The van der Waals surface area contributed by atoms with Crippen molar-refractivity contribution < 1.29 is 9.53 Å². The zero-order valence-electron chi connectivity index (χ0n) is 10.8. The maximum Gasteiger partial charge on any atom is 0.231 e. The van der Waals surface area contributed by atoms with Crippen molar-refractivity contribution >= 4 is 11.6 Å². The molecule has 1 aromatic rings. The van der Waals surface area contributed by atoms with Gasteiger partial charge in [0, 0.05) is 13.1 Å². The summed E-state index contributed by atoms with van der Waals surface area (Å²) in [4.78, 5) is 14.3. The highest BCUT2D eigenvalue weighted by Gasteiger charge is 2.26. The minimum absolute atomic E-state index is 0.101. The van der Waals surface area contributed by atoms with Crippen LogP contribution in [0, 0.1) is 5.92 Å². The van der Waals surface area contributed by atoms with Crippen molar-refractivity contribution in [1.29, 1.82) is 0 Å². The van der Waals surface area contributed by atoms with Crippen molar-refractivity contribution in [3.63, 3.8) is 0 Å². The fourth-order valence-electron chi connectivity index (χ4n) is 2.22. The molecule has 4 nitrogen and oxygen atoms in total. The Hall–Kier alpha value is -1.55. The molecule has 0 spiro atoms. The van der Waals surface area contributed by atoms with Crippen molar-refractivity contribution in [3.05, 3.63) is 24.3 Å². The number of hydrogen-bond donors (Lipinski definition) is 1. The number of ether oxygens (including phenoxy) is 1. The molecule has 0 bridgehead atoms. The lowest BCUT2D eigenvalue weighted by atomic mass is 10.0. The topological polar surface area (TPSA) is 55.6 Å². The van der Waals surface area contributed by atoms with E-state index in [0.717, 1.165) is 24.3 Å². The molecule has 0 saturated carbocycles. The third-order valence-electron chi connectivity index (χ3n) is 3.33. The molecule has 1 aliphatic rings. The molecular weight excluding hydrogens is 228 g/mol. The molecule has 1 aliphatic heterocycles. The van der Waals surface area contributed by atoms with E-state index in [1.807, 2.05) is 36.1 Å². The molecule has 98 valence electrons. The van der Waals surface area contributed by atoms with Crippen LogP contribution in [-0.2, 0) is 4.79 Å². The number of rotatable bonds is 3. The molecule has 0 saturated heterocycles. The fraction of sp³-hybridized carbons (Fsp3) is 0.500. The van der Waals surface area contributed by atoms with Gasteiger partial charge in [-0.3, -0.25) is 4.79 Å². The van der Waals surface area contributed by atoms with Gasteiger partial charge >= 0.3 is 0 Å². The van der Waals surface area contributed by atoms with E-state index in [4.69, 9.17) is 10.5 Å². The molecule has 0 aromatic heterocycles. The minimum Gasteiger partial charge on any atom is -0.491 e. The molecule has 2 rings (SSSR count). The zero-order valence-corrected chi connectivity index (χ0v) is 10.8. The lowest BCUT2D eigenvalue weighted by Crippen LogP contribution is -2.39. The van der Waals surface area contributed by atoms with Crippen LogP contribution >= 0.6 is 0 Å². The summed E-state index contributed by atoms with van der Waals surface area (Å²) >= 11 is 0. The van der Waals surface area contributed by atoms with Crippen LogP contribution in [-0.4, -0.2) is 25.6 Å². The average molecular weight is 248 g/mol. The van der Waals surface area contributed by atoms with E-state index in [0.29, 0.717) is 19.7 Å². The van der Waals surface area contributed by atoms with E-state index < -0.39 is 0 Å². The van der Waals surface area contributed by atoms with Crippen LogP contribution in [0.2, 0.25) is 0 Å². The lowest BCUT2D eigenvalue weighted by Gasteiger charge is -2.25. The molecular formula is C14H20N2O2. The van der Waals surface area contributed by atoms with Gasteiger partial charge in [0.05, 0.1) is 18.2 Å². The second kappa shape index (κ2) is 5.87. The van der Waals surface area contributed by atoms with Gasteiger partial charge in [-0.2, -0.15) is 0 Å². The number of amides is 1. The third-order valence-corrected chi connectivity index (χ3v) is 3.33. The summed E-state index contributed by atoms with van der Waals surface area (Å²) in [5.74, 6) is 0.796. The van der Waals surface area contributed by atoms with Gasteiger partial charge in [-0.25, -0.2) is 0 Å². The smallest absolute Gasteiger partial charge is 0.231 e. The maximum absolute atomic E-state index is 12.5. The monoisotopic (exact) mass is 248 g/mol. The first-order valence-corrected chi connectivity index (χ1v) is 6.51. The standard InChI is InChI=1S/C14H20N2O2/c1-2-11(10-15)14(17)16-8-5-9-18-13-7-4-3-6-12(13)16/h3-4,6-7,11H,2,5,8-10,15H2,1H3. The second-order valence-corrected chi connectivity index (χ2v) is 4.50. The Morgan fingerprint density at radius 1 is 1.50 bits per heavy atom. The van der Waals surface area contributed by atoms with Crippen LogP contribution in [0.5, 0.6) is 5.75 Å². The number of para-hydroxylation sites is 2. The molecule has 4 heteroatoms. The Morgan fingerprint density at radius 2 is 2.28 bits per heavy atom. The Labute approximate surface area is 108 Å². The third kappa shape index (κ3) is 2.48. The second-order valence-electron chi connectivity index (χ2n) is 4.50. The average Bonchev–Trinajstić information content (AvgIpc) is 2.62. The first kappa shape index (κ1) is 12.9. The number of anilines is 1.